The Morgan fingerprint density at radius 1 is 1.25 bits per heavy atom. The van der Waals surface area contributed by atoms with Gasteiger partial charge in [-0.1, -0.05) is 23.7 Å². The zero-order chi connectivity index (χ0) is 14.7. The second-order valence-corrected chi connectivity index (χ2v) is 4.92. The van der Waals surface area contributed by atoms with Gasteiger partial charge in [0.1, 0.15) is 5.75 Å². The number of anilines is 1. The van der Waals surface area contributed by atoms with Gasteiger partial charge in [0.05, 0.1) is 10.6 Å². The van der Waals surface area contributed by atoms with Crippen molar-refractivity contribution in [3.05, 3.63) is 58.6 Å². The Morgan fingerprint density at radius 3 is 2.50 bits per heavy atom. The number of primary amides is 1. The summed E-state index contributed by atoms with van der Waals surface area (Å²) in [5, 5.41) is 12.9. The van der Waals surface area contributed by atoms with Crippen molar-refractivity contribution < 1.29 is 9.90 Å². The monoisotopic (exact) mass is 290 g/mol. The lowest BCUT2D eigenvalue weighted by molar-refractivity contribution is 0.100. The lowest BCUT2D eigenvalue weighted by atomic mass is 10.1. The van der Waals surface area contributed by atoms with Gasteiger partial charge in [-0.3, -0.25) is 4.79 Å². The molecular formula is C15H15ClN2O2. The largest absolute Gasteiger partial charge is 0.508 e. The summed E-state index contributed by atoms with van der Waals surface area (Å²) in [5.74, 6) is -0.334. The third-order valence-corrected chi connectivity index (χ3v) is 3.34. The van der Waals surface area contributed by atoms with E-state index >= 15 is 0 Å². The highest BCUT2D eigenvalue weighted by molar-refractivity contribution is 6.33. The van der Waals surface area contributed by atoms with Gasteiger partial charge in [0.25, 0.3) is 0 Å². The molecule has 5 heteroatoms. The van der Waals surface area contributed by atoms with Crippen LogP contribution < -0.4 is 11.1 Å². The Hall–Kier alpha value is -2.20. The molecule has 104 valence electrons. The Bertz CT molecular complexity index is 626. The first-order valence-corrected chi connectivity index (χ1v) is 6.50. The van der Waals surface area contributed by atoms with Crippen LogP contribution in [0.2, 0.25) is 5.02 Å². The molecule has 0 spiro atoms. The van der Waals surface area contributed by atoms with Crippen molar-refractivity contribution in [3.63, 3.8) is 0 Å². The fourth-order valence-electron chi connectivity index (χ4n) is 1.90. The van der Waals surface area contributed by atoms with E-state index in [0.29, 0.717) is 5.02 Å². The van der Waals surface area contributed by atoms with E-state index < -0.39 is 5.91 Å². The van der Waals surface area contributed by atoms with E-state index in [-0.39, 0.29) is 17.4 Å². The predicted molar refractivity (Wildman–Crippen MR) is 80.1 cm³/mol. The number of phenols is 1. The Balaban J connectivity index is 2.19. The summed E-state index contributed by atoms with van der Waals surface area (Å²) in [4.78, 5) is 11.2. The summed E-state index contributed by atoms with van der Waals surface area (Å²) in [6, 6.07) is 12.0. The minimum absolute atomic E-state index is 0.0116. The second kappa shape index (κ2) is 5.84. The van der Waals surface area contributed by atoms with Crippen LogP contribution in [0.1, 0.15) is 28.9 Å². The molecule has 0 aliphatic rings. The Morgan fingerprint density at radius 2 is 1.90 bits per heavy atom. The summed E-state index contributed by atoms with van der Waals surface area (Å²) >= 11 is 5.91. The Kier molecular flexibility index (Phi) is 4.15. The number of phenolic OH excluding ortho intramolecular Hbond substituents is 1. The first-order valence-electron chi connectivity index (χ1n) is 6.12. The number of hydrogen-bond donors (Lipinski definition) is 3. The van der Waals surface area contributed by atoms with Gasteiger partial charge in [-0.05, 0) is 42.8 Å². The molecule has 1 atom stereocenters. The minimum atomic E-state index is -0.559. The van der Waals surface area contributed by atoms with E-state index in [4.69, 9.17) is 17.3 Å². The van der Waals surface area contributed by atoms with Crippen LogP contribution in [-0.2, 0) is 0 Å². The van der Waals surface area contributed by atoms with Crippen molar-refractivity contribution in [3.8, 4) is 5.75 Å². The molecule has 4 N–H and O–H groups in total. The summed E-state index contributed by atoms with van der Waals surface area (Å²) in [6.45, 7) is 1.98. The van der Waals surface area contributed by atoms with Gasteiger partial charge in [0.15, 0.2) is 0 Å². The summed E-state index contributed by atoms with van der Waals surface area (Å²) < 4.78 is 0. The van der Waals surface area contributed by atoms with E-state index in [1.54, 1.807) is 30.3 Å². The number of rotatable bonds is 4. The maximum Gasteiger partial charge on any atom is 0.250 e. The maximum atomic E-state index is 11.2. The normalized spacial score (nSPS) is 11.9. The molecule has 0 bridgehead atoms. The van der Waals surface area contributed by atoms with Crippen LogP contribution in [0.4, 0.5) is 5.69 Å². The summed E-state index contributed by atoms with van der Waals surface area (Å²) in [5.41, 5.74) is 7.32. The number of aromatic hydroxyl groups is 1. The minimum Gasteiger partial charge on any atom is -0.508 e. The number of nitrogens with one attached hydrogen (secondary N) is 1. The number of carbonyl (C=O) groups excluding carboxylic acids is 1. The quantitative estimate of drug-likeness (QED) is 0.808. The van der Waals surface area contributed by atoms with E-state index in [2.05, 4.69) is 5.32 Å². The first kappa shape index (κ1) is 14.2. The average molecular weight is 291 g/mol. The van der Waals surface area contributed by atoms with E-state index in [9.17, 15) is 9.90 Å². The first-order chi connectivity index (χ1) is 9.47. The highest BCUT2D eigenvalue weighted by Crippen LogP contribution is 2.24. The molecule has 20 heavy (non-hydrogen) atoms. The molecule has 0 aliphatic heterocycles. The van der Waals surface area contributed by atoms with Gasteiger partial charge in [-0.25, -0.2) is 0 Å². The van der Waals surface area contributed by atoms with E-state index in [1.807, 2.05) is 19.1 Å². The molecule has 0 aromatic heterocycles. The van der Waals surface area contributed by atoms with Crippen LogP contribution in [0, 0.1) is 0 Å². The van der Waals surface area contributed by atoms with Crippen LogP contribution in [0.5, 0.6) is 5.75 Å². The van der Waals surface area contributed by atoms with Gasteiger partial charge in [0.2, 0.25) is 5.91 Å². The highest BCUT2D eigenvalue weighted by Gasteiger charge is 2.10. The molecule has 0 saturated heterocycles. The number of halogens is 1. The SMILES string of the molecule is CC(Nc1ccc(Cl)c(C(N)=O)c1)c1ccc(O)cc1. The third-order valence-electron chi connectivity index (χ3n) is 3.01. The number of hydrogen-bond acceptors (Lipinski definition) is 3. The fraction of sp³-hybridized carbons (Fsp3) is 0.133. The maximum absolute atomic E-state index is 11.2. The van der Waals surface area contributed by atoms with Crippen LogP contribution in [-0.4, -0.2) is 11.0 Å². The van der Waals surface area contributed by atoms with Crippen LogP contribution in [0.3, 0.4) is 0 Å². The van der Waals surface area contributed by atoms with Crippen LogP contribution in [0.15, 0.2) is 42.5 Å². The zero-order valence-corrected chi connectivity index (χ0v) is 11.7. The third kappa shape index (κ3) is 3.22. The lowest BCUT2D eigenvalue weighted by Gasteiger charge is -2.16. The summed E-state index contributed by atoms with van der Waals surface area (Å²) in [7, 11) is 0. The van der Waals surface area contributed by atoms with Gasteiger partial charge < -0.3 is 16.2 Å². The number of nitrogens with two attached hydrogens (primary N) is 1. The van der Waals surface area contributed by atoms with Gasteiger partial charge in [0, 0.05) is 11.7 Å². The lowest BCUT2D eigenvalue weighted by Crippen LogP contribution is -2.13. The van der Waals surface area contributed by atoms with Gasteiger partial charge in [-0.15, -0.1) is 0 Å². The Labute approximate surface area is 122 Å². The molecule has 1 amide bonds. The number of amides is 1. The van der Waals surface area contributed by atoms with Crippen molar-refractivity contribution in [2.24, 2.45) is 5.73 Å². The van der Waals surface area contributed by atoms with Crippen molar-refractivity contribution in [2.45, 2.75) is 13.0 Å². The predicted octanol–water partition coefficient (Wildman–Crippen LogP) is 3.32. The standard InChI is InChI=1S/C15H15ClN2O2/c1-9(10-2-5-12(19)6-3-10)18-11-4-7-14(16)13(8-11)15(17)20/h2-9,18-19H,1H3,(H2,17,20). The van der Waals surface area contributed by atoms with Gasteiger partial charge in [-0.2, -0.15) is 0 Å². The van der Waals surface area contributed by atoms with E-state index in [0.717, 1.165) is 11.3 Å². The number of carbonyl (C=O) groups is 1. The number of benzene rings is 2. The van der Waals surface area contributed by atoms with E-state index in [1.165, 1.54) is 0 Å². The average Bonchev–Trinajstić information content (AvgIpc) is 2.41. The van der Waals surface area contributed by atoms with Crippen molar-refractivity contribution in [2.75, 3.05) is 5.32 Å². The van der Waals surface area contributed by atoms with Crippen LogP contribution in [0.25, 0.3) is 0 Å². The molecule has 2 rings (SSSR count). The molecule has 4 nitrogen and oxygen atoms in total. The second-order valence-electron chi connectivity index (χ2n) is 4.52. The molecule has 0 heterocycles. The van der Waals surface area contributed by atoms with Crippen molar-refractivity contribution in [1.82, 2.24) is 0 Å². The fourth-order valence-corrected chi connectivity index (χ4v) is 2.11. The smallest absolute Gasteiger partial charge is 0.250 e. The molecule has 0 saturated carbocycles. The topological polar surface area (TPSA) is 75.3 Å². The molecular weight excluding hydrogens is 276 g/mol. The summed E-state index contributed by atoms with van der Waals surface area (Å²) in [6.07, 6.45) is 0. The van der Waals surface area contributed by atoms with Crippen molar-refractivity contribution >= 4 is 23.2 Å². The highest BCUT2D eigenvalue weighted by atomic mass is 35.5. The van der Waals surface area contributed by atoms with Crippen molar-refractivity contribution in [1.29, 1.82) is 0 Å². The molecule has 0 aliphatic carbocycles. The molecule has 0 radical (unpaired) electrons. The van der Waals surface area contributed by atoms with Crippen LogP contribution >= 0.6 is 11.6 Å². The molecule has 0 fully saturated rings. The van der Waals surface area contributed by atoms with Gasteiger partial charge >= 0.3 is 0 Å². The molecule has 2 aromatic rings. The molecule has 1 unspecified atom stereocenters. The molecule has 2 aromatic carbocycles. The zero-order valence-electron chi connectivity index (χ0n) is 10.9.